The minimum atomic E-state index is -1.00. The number of hydrogen-bond donors (Lipinski definition) is 1. The van der Waals surface area contributed by atoms with E-state index in [-0.39, 0.29) is 22.5 Å². The number of aromatic hydroxyl groups is 1. The van der Waals surface area contributed by atoms with Gasteiger partial charge in [0.1, 0.15) is 5.69 Å². The quantitative estimate of drug-likeness (QED) is 0.856. The van der Waals surface area contributed by atoms with Crippen LogP contribution in [0.15, 0.2) is 18.2 Å². The lowest BCUT2D eigenvalue weighted by Gasteiger charge is -2.20. The summed E-state index contributed by atoms with van der Waals surface area (Å²) >= 11 is 0. The van der Waals surface area contributed by atoms with Crippen molar-refractivity contribution in [1.29, 1.82) is 0 Å². The van der Waals surface area contributed by atoms with Gasteiger partial charge in [0, 0.05) is 5.56 Å². The highest BCUT2D eigenvalue weighted by molar-refractivity contribution is 5.67. The zero-order valence-electron chi connectivity index (χ0n) is 11.3. The highest BCUT2D eigenvalue weighted by Crippen LogP contribution is 2.35. The first-order valence-corrected chi connectivity index (χ1v) is 5.97. The molecule has 0 atom stereocenters. The van der Waals surface area contributed by atoms with E-state index in [1.54, 1.807) is 11.6 Å². The zero-order chi connectivity index (χ0) is 14.4. The number of rotatable bonds is 1. The van der Waals surface area contributed by atoms with Gasteiger partial charge in [-0.3, -0.25) is 4.68 Å². The third kappa shape index (κ3) is 2.20. The molecule has 0 aliphatic rings. The van der Waals surface area contributed by atoms with Crippen molar-refractivity contribution in [2.24, 2.45) is 0 Å². The molecule has 2 rings (SSSR count). The third-order valence-electron chi connectivity index (χ3n) is 2.93. The van der Waals surface area contributed by atoms with Gasteiger partial charge in [0.15, 0.2) is 17.4 Å². The summed E-state index contributed by atoms with van der Waals surface area (Å²) < 4.78 is 28.6. The van der Waals surface area contributed by atoms with Gasteiger partial charge in [-0.05, 0) is 39.8 Å². The van der Waals surface area contributed by atoms with Crippen LogP contribution in [0.25, 0.3) is 11.3 Å². The van der Waals surface area contributed by atoms with Gasteiger partial charge in [0.2, 0.25) is 0 Å². The molecule has 19 heavy (non-hydrogen) atoms. The molecule has 1 heterocycles. The molecule has 0 aliphatic carbocycles. The van der Waals surface area contributed by atoms with E-state index in [0.29, 0.717) is 5.69 Å². The maximum atomic E-state index is 13.8. The minimum absolute atomic E-state index is 0.0383. The molecule has 1 N–H and O–H groups in total. The summed E-state index contributed by atoms with van der Waals surface area (Å²) in [5, 5.41) is 14.3. The summed E-state index contributed by atoms with van der Waals surface area (Å²) in [5.41, 5.74) is 0.183. The van der Waals surface area contributed by atoms with Gasteiger partial charge < -0.3 is 5.11 Å². The van der Waals surface area contributed by atoms with Crippen molar-refractivity contribution in [3.63, 3.8) is 0 Å². The monoisotopic (exact) mass is 266 g/mol. The second kappa shape index (κ2) is 4.33. The average Bonchev–Trinajstić information content (AvgIpc) is 2.60. The molecule has 2 aromatic rings. The lowest BCUT2D eigenvalue weighted by molar-refractivity contribution is 0.345. The van der Waals surface area contributed by atoms with Gasteiger partial charge in [0.05, 0.1) is 11.2 Å². The van der Waals surface area contributed by atoms with Crippen molar-refractivity contribution in [1.82, 2.24) is 9.78 Å². The molecule has 0 saturated carbocycles. The van der Waals surface area contributed by atoms with Crippen molar-refractivity contribution >= 4 is 0 Å². The SMILES string of the molecule is Cc1c(O)c(-c2cccc(F)c2F)nn1C(C)(C)C. The Kier molecular flexibility index (Phi) is 3.08. The molecule has 1 aromatic heterocycles. The van der Waals surface area contributed by atoms with Gasteiger partial charge in [0.25, 0.3) is 0 Å². The van der Waals surface area contributed by atoms with Crippen LogP contribution in [0.1, 0.15) is 26.5 Å². The molecule has 0 fully saturated rings. The van der Waals surface area contributed by atoms with Gasteiger partial charge in [-0.2, -0.15) is 5.10 Å². The second-order valence-electron chi connectivity index (χ2n) is 5.47. The van der Waals surface area contributed by atoms with Crippen LogP contribution in [0.4, 0.5) is 8.78 Å². The predicted molar refractivity (Wildman–Crippen MR) is 69.0 cm³/mol. The van der Waals surface area contributed by atoms with E-state index >= 15 is 0 Å². The molecule has 102 valence electrons. The van der Waals surface area contributed by atoms with E-state index in [9.17, 15) is 13.9 Å². The Labute approximate surface area is 110 Å². The fourth-order valence-electron chi connectivity index (χ4n) is 2.02. The van der Waals surface area contributed by atoms with Crippen LogP contribution in [-0.4, -0.2) is 14.9 Å². The number of benzene rings is 1. The molecule has 5 heteroatoms. The molecular formula is C14H16F2N2O. The molecule has 0 radical (unpaired) electrons. The summed E-state index contributed by atoms with van der Waals surface area (Å²) in [5.74, 6) is -2.09. The molecule has 0 bridgehead atoms. The molecule has 0 aliphatic heterocycles. The van der Waals surface area contributed by atoms with Crippen LogP contribution in [0.5, 0.6) is 5.75 Å². The lowest BCUT2D eigenvalue weighted by Crippen LogP contribution is -2.24. The standard InChI is InChI=1S/C14H16F2N2O/c1-8-13(19)12(17-18(8)14(2,3)4)9-6-5-7-10(15)11(9)16/h5-7,19H,1-4H3. The largest absolute Gasteiger partial charge is 0.504 e. The topological polar surface area (TPSA) is 38.1 Å². The first-order valence-electron chi connectivity index (χ1n) is 5.97. The zero-order valence-corrected chi connectivity index (χ0v) is 11.3. The first-order chi connectivity index (χ1) is 8.73. The summed E-state index contributed by atoms with van der Waals surface area (Å²) in [6.07, 6.45) is 0. The Morgan fingerprint density at radius 3 is 2.37 bits per heavy atom. The predicted octanol–water partition coefficient (Wildman–Crippen LogP) is 3.60. The van der Waals surface area contributed by atoms with Crippen LogP contribution >= 0.6 is 0 Å². The maximum absolute atomic E-state index is 13.8. The summed E-state index contributed by atoms with van der Waals surface area (Å²) in [6, 6.07) is 3.81. The van der Waals surface area contributed by atoms with Crippen molar-refractivity contribution in [3.05, 3.63) is 35.5 Å². The Morgan fingerprint density at radius 1 is 1.21 bits per heavy atom. The Bertz CT molecular complexity index is 627. The lowest BCUT2D eigenvalue weighted by atomic mass is 10.1. The van der Waals surface area contributed by atoms with E-state index in [0.717, 1.165) is 6.07 Å². The van der Waals surface area contributed by atoms with Crippen molar-refractivity contribution in [3.8, 4) is 17.0 Å². The molecule has 0 unspecified atom stereocenters. The highest BCUT2D eigenvalue weighted by atomic mass is 19.2. The van der Waals surface area contributed by atoms with Gasteiger partial charge in [-0.25, -0.2) is 8.78 Å². The van der Waals surface area contributed by atoms with E-state index < -0.39 is 11.6 Å². The fourth-order valence-corrected chi connectivity index (χ4v) is 2.02. The smallest absolute Gasteiger partial charge is 0.168 e. The van der Waals surface area contributed by atoms with Crippen LogP contribution in [0.3, 0.4) is 0 Å². The normalized spacial score (nSPS) is 11.9. The van der Waals surface area contributed by atoms with Crippen LogP contribution in [-0.2, 0) is 5.54 Å². The summed E-state index contributed by atoms with van der Waals surface area (Å²) in [4.78, 5) is 0. The molecule has 1 aromatic carbocycles. The molecule has 0 amide bonds. The van der Waals surface area contributed by atoms with Gasteiger partial charge in [-0.15, -0.1) is 0 Å². The van der Waals surface area contributed by atoms with E-state index in [2.05, 4.69) is 5.10 Å². The van der Waals surface area contributed by atoms with Gasteiger partial charge >= 0.3 is 0 Å². The highest BCUT2D eigenvalue weighted by Gasteiger charge is 2.25. The minimum Gasteiger partial charge on any atom is -0.504 e. The summed E-state index contributed by atoms with van der Waals surface area (Å²) in [7, 11) is 0. The number of nitrogens with zero attached hydrogens (tertiary/aromatic N) is 2. The number of aromatic nitrogens is 2. The van der Waals surface area contributed by atoms with E-state index in [1.165, 1.54) is 12.1 Å². The summed E-state index contributed by atoms with van der Waals surface area (Å²) in [6.45, 7) is 7.43. The second-order valence-corrected chi connectivity index (χ2v) is 5.47. The molecule has 0 saturated heterocycles. The number of hydrogen-bond acceptors (Lipinski definition) is 2. The van der Waals surface area contributed by atoms with Crippen LogP contribution in [0.2, 0.25) is 0 Å². The first kappa shape index (κ1) is 13.5. The van der Waals surface area contributed by atoms with Gasteiger partial charge in [-0.1, -0.05) is 6.07 Å². The average molecular weight is 266 g/mol. The number of halogens is 2. The van der Waals surface area contributed by atoms with Crippen molar-refractivity contribution in [2.75, 3.05) is 0 Å². The molecule has 3 nitrogen and oxygen atoms in total. The van der Waals surface area contributed by atoms with Crippen LogP contribution < -0.4 is 0 Å². The van der Waals surface area contributed by atoms with Crippen LogP contribution in [0, 0.1) is 18.6 Å². The van der Waals surface area contributed by atoms with Crippen molar-refractivity contribution in [2.45, 2.75) is 33.2 Å². The third-order valence-corrected chi connectivity index (χ3v) is 2.93. The maximum Gasteiger partial charge on any atom is 0.168 e. The molecule has 0 spiro atoms. The van der Waals surface area contributed by atoms with E-state index in [1.807, 2.05) is 20.8 Å². The molecular weight excluding hydrogens is 250 g/mol. The fraction of sp³-hybridized carbons (Fsp3) is 0.357. The Balaban J connectivity index is 2.68. The Morgan fingerprint density at radius 2 is 1.84 bits per heavy atom. The van der Waals surface area contributed by atoms with E-state index in [4.69, 9.17) is 0 Å². The Hall–Kier alpha value is -1.91. The van der Waals surface area contributed by atoms with Crippen molar-refractivity contribution < 1.29 is 13.9 Å².